The van der Waals surface area contributed by atoms with Gasteiger partial charge in [-0.2, -0.15) is 5.10 Å². The first-order chi connectivity index (χ1) is 11.8. The first kappa shape index (κ1) is 15.5. The second kappa shape index (κ2) is 6.86. The maximum atomic E-state index is 12.1. The molecule has 1 aliphatic heterocycles. The predicted molar refractivity (Wildman–Crippen MR) is 88.7 cm³/mol. The van der Waals surface area contributed by atoms with Crippen molar-refractivity contribution >= 4 is 0 Å². The number of aryl methyl sites for hydroxylation is 2. The molecule has 7 nitrogen and oxygen atoms in total. The third-order valence-corrected chi connectivity index (χ3v) is 4.96. The van der Waals surface area contributed by atoms with Crippen molar-refractivity contribution in [3.05, 3.63) is 46.0 Å². The lowest BCUT2D eigenvalue weighted by atomic mass is 10.2. The van der Waals surface area contributed by atoms with Crippen molar-refractivity contribution < 1.29 is 4.42 Å². The van der Waals surface area contributed by atoms with Crippen molar-refractivity contribution in [2.24, 2.45) is 0 Å². The van der Waals surface area contributed by atoms with Crippen LogP contribution in [0.5, 0.6) is 0 Å². The number of hydrogen-bond acceptors (Lipinski definition) is 6. The molecule has 2 aliphatic rings. The van der Waals surface area contributed by atoms with Crippen LogP contribution in [0.1, 0.15) is 23.6 Å². The smallest absolute Gasteiger partial charge is 0.267 e. The molecule has 128 valence electrons. The van der Waals surface area contributed by atoms with E-state index in [1.807, 2.05) is 0 Å². The van der Waals surface area contributed by atoms with Crippen LogP contribution < -0.4 is 5.56 Å². The van der Waals surface area contributed by atoms with Gasteiger partial charge in [0.25, 0.3) is 5.56 Å². The second-order valence-corrected chi connectivity index (χ2v) is 6.57. The van der Waals surface area contributed by atoms with Gasteiger partial charge in [0.2, 0.25) is 5.89 Å². The molecule has 3 heterocycles. The van der Waals surface area contributed by atoms with Gasteiger partial charge >= 0.3 is 0 Å². The summed E-state index contributed by atoms with van der Waals surface area (Å²) in [5, 5.41) is 4.55. The molecule has 24 heavy (non-hydrogen) atoms. The summed E-state index contributed by atoms with van der Waals surface area (Å²) in [7, 11) is 0. The van der Waals surface area contributed by atoms with Gasteiger partial charge in [0, 0.05) is 38.8 Å². The molecule has 1 saturated heterocycles. The van der Waals surface area contributed by atoms with Crippen LogP contribution in [-0.2, 0) is 25.9 Å². The predicted octanol–water partition coefficient (Wildman–Crippen LogP) is 0.538. The minimum atomic E-state index is 0.0400. The van der Waals surface area contributed by atoms with Crippen LogP contribution in [0.15, 0.2) is 27.7 Å². The summed E-state index contributed by atoms with van der Waals surface area (Å²) in [6.45, 7) is 6.31. The fourth-order valence-corrected chi connectivity index (χ4v) is 3.53. The summed E-state index contributed by atoms with van der Waals surface area (Å²) in [6.07, 6.45) is 6.44. The maximum Gasteiger partial charge on any atom is 0.267 e. The Kier molecular flexibility index (Phi) is 4.44. The van der Waals surface area contributed by atoms with E-state index >= 15 is 0 Å². The number of piperazine rings is 1. The van der Waals surface area contributed by atoms with E-state index in [0.717, 1.165) is 75.7 Å². The first-order valence-corrected chi connectivity index (χ1v) is 8.71. The van der Waals surface area contributed by atoms with E-state index in [1.54, 1.807) is 23.2 Å². The number of aromatic nitrogens is 3. The average Bonchev–Trinajstić information content (AvgIpc) is 3.25. The summed E-state index contributed by atoms with van der Waals surface area (Å²) in [6, 6.07) is 1.78. The molecular formula is C17H23N5O2. The highest BCUT2D eigenvalue weighted by Gasteiger charge is 2.19. The highest BCUT2D eigenvalue weighted by atomic mass is 16.3. The van der Waals surface area contributed by atoms with Crippen LogP contribution in [0.3, 0.4) is 0 Å². The zero-order valence-electron chi connectivity index (χ0n) is 13.9. The summed E-state index contributed by atoms with van der Waals surface area (Å²) in [4.78, 5) is 21.1. The Morgan fingerprint density at radius 1 is 1.08 bits per heavy atom. The Balaban J connectivity index is 1.28. The van der Waals surface area contributed by atoms with Gasteiger partial charge in [-0.05, 0) is 24.8 Å². The molecule has 0 bridgehead atoms. The normalized spacial score (nSPS) is 18.8. The Labute approximate surface area is 140 Å². The lowest BCUT2D eigenvalue weighted by molar-refractivity contribution is 0.115. The number of hydrogen-bond donors (Lipinski definition) is 0. The molecule has 0 atom stereocenters. The average molecular weight is 329 g/mol. The minimum absolute atomic E-state index is 0.0400. The Hall–Kier alpha value is -1.99. The van der Waals surface area contributed by atoms with Crippen LogP contribution in [0.2, 0.25) is 0 Å². The maximum absolute atomic E-state index is 12.1. The summed E-state index contributed by atoms with van der Waals surface area (Å²) < 4.78 is 6.95. The van der Waals surface area contributed by atoms with E-state index in [4.69, 9.17) is 4.42 Å². The van der Waals surface area contributed by atoms with E-state index < -0.39 is 0 Å². The van der Waals surface area contributed by atoms with Crippen LogP contribution in [0.25, 0.3) is 0 Å². The Bertz CT molecular complexity index is 732. The highest BCUT2D eigenvalue weighted by molar-refractivity contribution is 5.22. The van der Waals surface area contributed by atoms with Crippen molar-refractivity contribution in [1.82, 2.24) is 24.6 Å². The number of oxazole rings is 1. The molecule has 0 spiro atoms. The molecule has 0 unspecified atom stereocenters. The fraction of sp³-hybridized carbons (Fsp3) is 0.588. The lowest BCUT2D eigenvalue weighted by Gasteiger charge is -2.33. The van der Waals surface area contributed by atoms with Crippen LogP contribution >= 0.6 is 0 Å². The van der Waals surface area contributed by atoms with E-state index in [-0.39, 0.29) is 5.56 Å². The van der Waals surface area contributed by atoms with Gasteiger partial charge in [-0.3, -0.25) is 14.6 Å². The monoisotopic (exact) mass is 329 g/mol. The molecule has 0 saturated carbocycles. The van der Waals surface area contributed by atoms with Gasteiger partial charge in [0.1, 0.15) is 6.26 Å². The number of nitrogens with zero attached hydrogens (tertiary/aromatic N) is 5. The molecular weight excluding hydrogens is 306 g/mol. The SMILES string of the molecule is O=c1cc2c(nn1CCN1CCN(Cc3ncco3)CC1)CCC2. The Morgan fingerprint density at radius 3 is 2.71 bits per heavy atom. The molecule has 1 fully saturated rings. The van der Waals surface area contributed by atoms with Crippen molar-refractivity contribution in [3.63, 3.8) is 0 Å². The van der Waals surface area contributed by atoms with Crippen LogP contribution in [0, 0.1) is 0 Å². The van der Waals surface area contributed by atoms with E-state index in [2.05, 4.69) is 19.9 Å². The number of fused-ring (bicyclic) bond motifs is 1. The van der Waals surface area contributed by atoms with Crippen LogP contribution in [-0.4, -0.2) is 57.3 Å². The van der Waals surface area contributed by atoms with Crippen LogP contribution in [0.4, 0.5) is 0 Å². The molecule has 0 N–H and O–H groups in total. The van der Waals surface area contributed by atoms with Gasteiger partial charge in [-0.1, -0.05) is 0 Å². The van der Waals surface area contributed by atoms with Gasteiger partial charge in [-0.25, -0.2) is 9.67 Å². The van der Waals surface area contributed by atoms with Gasteiger partial charge < -0.3 is 4.42 Å². The van der Waals surface area contributed by atoms with Crippen molar-refractivity contribution in [3.8, 4) is 0 Å². The molecule has 4 rings (SSSR count). The zero-order chi connectivity index (χ0) is 16.4. The third kappa shape index (κ3) is 3.42. The molecule has 2 aromatic rings. The van der Waals surface area contributed by atoms with E-state index in [9.17, 15) is 4.79 Å². The highest BCUT2D eigenvalue weighted by Crippen LogP contribution is 2.17. The number of rotatable bonds is 5. The van der Waals surface area contributed by atoms with Gasteiger partial charge in [0.05, 0.1) is 25.0 Å². The Morgan fingerprint density at radius 2 is 1.92 bits per heavy atom. The molecule has 2 aromatic heterocycles. The molecule has 0 radical (unpaired) electrons. The molecule has 0 amide bonds. The molecule has 0 aromatic carbocycles. The quantitative estimate of drug-likeness (QED) is 0.797. The second-order valence-electron chi connectivity index (χ2n) is 6.57. The van der Waals surface area contributed by atoms with Crippen molar-refractivity contribution in [2.45, 2.75) is 32.4 Å². The molecule has 7 heteroatoms. The zero-order valence-corrected chi connectivity index (χ0v) is 13.9. The summed E-state index contributed by atoms with van der Waals surface area (Å²) in [5.74, 6) is 0.775. The largest absolute Gasteiger partial charge is 0.448 e. The van der Waals surface area contributed by atoms with E-state index in [1.165, 1.54) is 0 Å². The first-order valence-electron chi connectivity index (χ1n) is 8.71. The van der Waals surface area contributed by atoms with Gasteiger partial charge in [0.15, 0.2) is 0 Å². The topological polar surface area (TPSA) is 67.4 Å². The minimum Gasteiger partial charge on any atom is -0.448 e. The standard InChI is InChI=1S/C17H23N5O2/c23-17-12-14-2-1-3-15(14)19-22(17)10-9-20-5-7-21(8-6-20)13-16-18-4-11-24-16/h4,11-12H,1-3,5-10,13H2. The summed E-state index contributed by atoms with van der Waals surface area (Å²) in [5.41, 5.74) is 2.31. The lowest BCUT2D eigenvalue weighted by Crippen LogP contribution is -2.47. The summed E-state index contributed by atoms with van der Waals surface area (Å²) >= 11 is 0. The van der Waals surface area contributed by atoms with E-state index in [0.29, 0.717) is 6.54 Å². The molecule has 1 aliphatic carbocycles. The van der Waals surface area contributed by atoms with Gasteiger partial charge in [-0.15, -0.1) is 0 Å². The third-order valence-electron chi connectivity index (χ3n) is 4.96. The fourth-order valence-electron chi connectivity index (χ4n) is 3.53. The van der Waals surface area contributed by atoms with Crippen molar-refractivity contribution in [2.75, 3.05) is 32.7 Å². The van der Waals surface area contributed by atoms with Crippen molar-refractivity contribution in [1.29, 1.82) is 0 Å².